The van der Waals surface area contributed by atoms with E-state index >= 15 is 0 Å². The van der Waals surface area contributed by atoms with Crippen LogP contribution < -0.4 is 5.32 Å². The standard InChI is InChI=1S/C19H25N3O2/c1-14-5-7-15(8-6-14)19-16(13-22(2)21-19)9-10-18(23)20-12-17-4-3-11-24-17/h5-8,13,17H,3-4,9-12H2,1-2H3,(H,20,23). The maximum absolute atomic E-state index is 12.1. The molecule has 5 nitrogen and oxygen atoms in total. The van der Waals surface area contributed by atoms with Crippen molar-refractivity contribution in [3.8, 4) is 11.3 Å². The third kappa shape index (κ3) is 4.23. The highest BCUT2D eigenvalue weighted by Crippen LogP contribution is 2.23. The number of ether oxygens (including phenoxy) is 1. The molecule has 1 unspecified atom stereocenters. The lowest BCUT2D eigenvalue weighted by atomic mass is 10.0. The van der Waals surface area contributed by atoms with Crippen LogP contribution in [0.5, 0.6) is 0 Å². The Labute approximate surface area is 143 Å². The van der Waals surface area contributed by atoms with Gasteiger partial charge in [-0.3, -0.25) is 9.48 Å². The van der Waals surface area contributed by atoms with Gasteiger partial charge >= 0.3 is 0 Å². The number of carbonyl (C=O) groups excluding carboxylic acids is 1. The van der Waals surface area contributed by atoms with Gasteiger partial charge in [-0.25, -0.2) is 0 Å². The molecule has 1 aromatic heterocycles. The van der Waals surface area contributed by atoms with E-state index in [1.165, 1.54) is 5.56 Å². The SMILES string of the molecule is Cc1ccc(-c2nn(C)cc2CCC(=O)NCC2CCCO2)cc1. The average molecular weight is 327 g/mol. The van der Waals surface area contributed by atoms with Gasteiger partial charge in [0.15, 0.2) is 0 Å². The van der Waals surface area contributed by atoms with Gasteiger partial charge in [-0.05, 0) is 31.7 Å². The molecule has 3 rings (SSSR count). The zero-order valence-corrected chi connectivity index (χ0v) is 14.4. The third-order valence-corrected chi connectivity index (χ3v) is 4.40. The number of rotatable bonds is 6. The van der Waals surface area contributed by atoms with Gasteiger partial charge in [0.1, 0.15) is 0 Å². The van der Waals surface area contributed by atoms with Crippen LogP contribution in [0.25, 0.3) is 11.3 Å². The minimum absolute atomic E-state index is 0.0733. The molecule has 1 fully saturated rings. The summed E-state index contributed by atoms with van der Waals surface area (Å²) in [5.74, 6) is 0.0733. The summed E-state index contributed by atoms with van der Waals surface area (Å²) in [6, 6.07) is 8.33. The topological polar surface area (TPSA) is 56.2 Å². The number of aromatic nitrogens is 2. The Balaban J connectivity index is 1.58. The number of aryl methyl sites for hydroxylation is 3. The normalized spacial score (nSPS) is 17.2. The predicted molar refractivity (Wildman–Crippen MR) is 93.7 cm³/mol. The first-order chi connectivity index (χ1) is 11.6. The Kier molecular flexibility index (Phi) is 5.30. The Morgan fingerprint density at radius 1 is 1.38 bits per heavy atom. The molecule has 0 aliphatic carbocycles. The maximum Gasteiger partial charge on any atom is 0.220 e. The molecule has 1 aliphatic rings. The fraction of sp³-hybridized carbons (Fsp3) is 0.474. The molecule has 1 aromatic carbocycles. The van der Waals surface area contributed by atoms with Crippen LogP contribution in [0.3, 0.4) is 0 Å². The summed E-state index contributed by atoms with van der Waals surface area (Å²) in [4.78, 5) is 12.1. The first-order valence-electron chi connectivity index (χ1n) is 8.59. The molecule has 1 saturated heterocycles. The van der Waals surface area contributed by atoms with Crippen molar-refractivity contribution in [2.24, 2.45) is 7.05 Å². The summed E-state index contributed by atoms with van der Waals surface area (Å²) in [6.45, 7) is 3.51. The Morgan fingerprint density at radius 3 is 2.88 bits per heavy atom. The molecule has 0 radical (unpaired) electrons. The Bertz CT molecular complexity index is 685. The van der Waals surface area contributed by atoms with E-state index in [1.54, 1.807) is 0 Å². The second-order valence-corrected chi connectivity index (χ2v) is 6.48. The van der Waals surface area contributed by atoms with Gasteiger partial charge in [0, 0.05) is 38.4 Å². The van der Waals surface area contributed by atoms with E-state index in [9.17, 15) is 4.79 Å². The number of amides is 1. The highest BCUT2D eigenvalue weighted by molar-refractivity contribution is 5.76. The molecule has 128 valence electrons. The van der Waals surface area contributed by atoms with E-state index in [4.69, 9.17) is 4.74 Å². The number of benzene rings is 1. The van der Waals surface area contributed by atoms with Crippen LogP contribution >= 0.6 is 0 Å². The molecule has 2 heterocycles. The lowest BCUT2D eigenvalue weighted by molar-refractivity contribution is -0.121. The Hall–Kier alpha value is -2.14. The van der Waals surface area contributed by atoms with Crippen molar-refractivity contribution in [2.75, 3.05) is 13.2 Å². The van der Waals surface area contributed by atoms with E-state index in [0.29, 0.717) is 19.4 Å². The van der Waals surface area contributed by atoms with Gasteiger partial charge in [-0.2, -0.15) is 5.10 Å². The van der Waals surface area contributed by atoms with E-state index in [1.807, 2.05) is 17.9 Å². The van der Waals surface area contributed by atoms with E-state index < -0.39 is 0 Å². The minimum Gasteiger partial charge on any atom is -0.376 e. The molecule has 24 heavy (non-hydrogen) atoms. The highest BCUT2D eigenvalue weighted by atomic mass is 16.5. The van der Waals surface area contributed by atoms with E-state index in [0.717, 1.165) is 36.3 Å². The molecule has 1 aliphatic heterocycles. The molecule has 5 heteroatoms. The minimum atomic E-state index is 0.0733. The quantitative estimate of drug-likeness (QED) is 0.887. The van der Waals surface area contributed by atoms with Gasteiger partial charge in [-0.15, -0.1) is 0 Å². The van der Waals surface area contributed by atoms with Crippen molar-refractivity contribution in [2.45, 2.75) is 38.7 Å². The van der Waals surface area contributed by atoms with Crippen LogP contribution in [-0.4, -0.2) is 34.9 Å². The van der Waals surface area contributed by atoms with Crippen LogP contribution in [-0.2, 0) is 23.0 Å². The van der Waals surface area contributed by atoms with Gasteiger partial charge in [-0.1, -0.05) is 29.8 Å². The lowest BCUT2D eigenvalue weighted by Crippen LogP contribution is -2.31. The van der Waals surface area contributed by atoms with E-state index in [2.05, 4.69) is 41.6 Å². The molecular formula is C19H25N3O2. The number of carbonyl (C=O) groups is 1. The second kappa shape index (κ2) is 7.62. The van der Waals surface area contributed by atoms with Crippen LogP contribution in [0, 0.1) is 6.92 Å². The molecule has 1 amide bonds. The zero-order valence-electron chi connectivity index (χ0n) is 14.4. The molecule has 2 aromatic rings. The summed E-state index contributed by atoms with van der Waals surface area (Å²) >= 11 is 0. The molecular weight excluding hydrogens is 302 g/mol. The van der Waals surface area contributed by atoms with Gasteiger partial charge in [0.05, 0.1) is 11.8 Å². The average Bonchev–Trinajstić information content (AvgIpc) is 3.21. The van der Waals surface area contributed by atoms with Crippen molar-refractivity contribution in [1.29, 1.82) is 0 Å². The predicted octanol–water partition coefficient (Wildman–Crippen LogP) is 2.62. The fourth-order valence-electron chi connectivity index (χ4n) is 3.04. The van der Waals surface area contributed by atoms with Crippen molar-refractivity contribution in [3.63, 3.8) is 0 Å². The molecule has 0 bridgehead atoms. The molecule has 1 N–H and O–H groups in total. The number of hydrogen-bond acceptors (Lipinski definition) is 3. The zero-order chi connectivity index (χ0) is 16.9. The first-order valence-corrected chi connectivity index (χ1v) is 8.59. The summed E-state index contributed by atoms with van der Waals surface area (Å²) < 4.78 is 7.34. The largest absolute Gasteiger partial charge is 0.376 e. The maximum atomic E-state index is 12.1. The first kappa shape index (κ1) is 16.7. The number of nitrogens with zero attached hydrogens (tertiary/aromatic N) is 2. The van der Waals surface area contributed by atoms with E-state index in [-0.39, 0.29) is 12.0 Å². The van der Waals surface area contributed by atoms with Gasteiger partial charge in [0.25, 0.3) is 0 Å². The second-order valence-electron chi connectivity index (χ2n) is 6.48. The van der Waals surface area contributed by atoms with Crippen molar-refractivity contribution >= 4 is 5.91 Å². The summed E-state index contributed by atoms with van der Waals surface area (Å²) in [7, 11) is 1.92. The van der Waals surface area contributed by atoms with Crippen molar-refractivity contribution in [1.82, 2.24) is 15.1 Å². The van der Waals surface area contributed by atoms with Crippen LogP contribution in [0.4, 0.5) is 0 Å². The third-order valence-electron chi connectivity index (χ3n) is 4.40. The summed E-state index contributed by atoms with van der Waals surface area (Å²) in [6.07, 6.45) is 5.49. The van der Waals surface area contributed by atoms with Crippen molar-refractivity contribution < 1.29 is 9.53 Å². The number of hydrogen-bond donors (Lipinski definition) is 1. The lowest BCUT2D eigenvalue weighted by Gasteiger charge is -2.10. The molecule has 1 atom stereocenters. The molecule has 0 spiro atoms. The van der Waals surface area contributed by atoms with Crippen LogP contribution in [0.1, 0.15) is 30.4 Å². The van der Waals surface area contributed by atoms with Crippen molar-refractivity contribution in [3.05, 3.63) is 41.6 Å². The summed E-state index contributed by atoms with van der Waals surface area (Å²) in [5, 5.41) is 7.54. The number of nitrogens with one attached hydrogen (secondary N) is 1. The highest BCUT2D eigenvalue weighted by Gasteiger charge is 2.17. The smallest absolute Gasteiger partial charge is 0.220 e. The van der Waals surface area contributed by atoms with Crippen LogP contribution in [0.15, 0.2) is 30.5 Å². The fourth-order valence-corrected chi connectivity index (χ4v) is 3.04. The summed E-state index contributed by atoms with van der Waals surface area (Å²) in [5.41, 5.74) is 4.39. The Morgan fingerprint density at radius 2 is 2.17 bits per heavy atom. The van der Waals surface area contributed by atoms with Gasteiger partial charge < -0.3 is 10.1 Å². The van der Waals surface area contributed by atoms with Gasteiger partial charge in [0.2, 0.25) is 5.91 Å². The molecule has 0 saturated carbocycles. The van der Waals surface area contributed by atoms with Crippen LogP contribution in [0.2, 0.25) is 0 Å². The monoisotopic (exact) mass is 327 g/mol.